The van der Waals surface area contributed by atoms with Crippen LogP contribution in [0.2, 0.25) is 0 Å². The summed E-state index contributed by atoms with van der Waals surface area (Å²) in [5, 5.41) is 2.79. The largest absolute Gasteiger partial charge is 0.371 e. The number of hydrogen-bond acceptors (Lipinski definition) is 5. The smallest absolute Gasteiger partial charge is 0.253 e. The van der Waals surface area contributed by atoms with Crippen LogP contribution < -0.4 is 16.0 Å². The number of nitrogens with two attached hydrogens (primary N) is 1. The lowest BCUT2D eigenvalue weighted by Gasteiger charge is -2.31. The average molecular weight is 395 g/mol. The third kappa shape index (κ3) is 4.62. The number of nitrogens with one attached hydrogen (secondary N) is 1. The number of carbonyl (C=O) groups is 1. The van der Waals surface area contributed by atoms with E-state index in [4.69, 9.17) is 5.73 Å². The minimum absolute atomic E-state index is 0.197. The van der Waals surface area contributed by atoms with Crippen LogP contribution in [-0.4, -0.2) is 57.9 Å². The van der Waals surface area contributed by atoms with E-state index in [1.54, 1.807) is 18.2 Å². The fourth-order valence-corrected chi connectivity index (χ4v) is 5.35. The molecule has 1 aromatic rings. The summed E-state index contributed by atoms with van der Waals surface area (Å²) < 4.78 is 27.6. The Morgan fingerprint density at radius 3 is 2.26 bits per heavy atom. The number of sulfonamides is 1. The molecule has 2 aliphatic heterocycles. The normalized spacial score (nSPS) is 19.1. The first kappa shape index (κ1) is 20.1. The third-order valence-corrected chi connectivity index (χ3v) is 7.19. The summed E-state index contributed by atoms with van der Waals surface area (Å²) in [5.74, 6) is -0.267. The molecule has 27 heavy (non-hydrogen) atoms. The van der Waals surface area contributed by atoms with Crippen molar-refractivity contribution >= 4 is 21.6 Å². The molecule has 2 aliphatic rings. The zero-order chi connectivity index (χ0) is 19.3. The highest BCUT2D eigenvalue weighted by Gasteiger charge is 2.28. The molecule has 3 N–H and O–H groups in total. The topological polar surface area (TPSA) is 95.7 Å². The summed E-state index contributed by atoms with van der Waals surface area (Å²) in [6, 6.07) is 4.98. The van der Waals surface area contributed by atoms with Gasteiger partial charge in [-0.05, 0) is 50.3 Å². The Hall–Kier alpha value is -1.64. The van der Waals surface area contributed by atoms with E-state index < -0.39 is 10.0 Å². The second-order valence-corrected chi connectivity index (χ2v) is 9.17. The van der Waals surface area contributed by atoms with Crippen molar-refractivity contribution in [2.45, 2.75) is 43.4 Å². The Balaban J connectivity index is 1.95. The molecular weight excluding hydrogens is 364 g/mol. The maximum absolute atomic E-state index is 13.0. The molecule has 0 aromatic heterocycles. The lowest BCUT2D eigenvalue weighted by Crippen LogP contribution is -2.36. The van der Waals surface area contributed by atoms with Crippen LogP contribution in [0.15, 0.2) is 23.1 Å². The fraction of sp³-hybridized carbons (Fsp3) is 0.632. The maximum Gasteiger partial charge on any atom is 0.253 e. The van der Waals surface area contributed by atoms with Crippen molar-refractivity contribution in [1.29, 1.82) is 0 Å². The van der Waals surface area contributed by atoms with Gasteiger partial charge in [0.1, 0.15) is 0 Å². The van der Waals surface area contributed by atoms with E-state index in [2.05, 4.69) is 10.2 Å². The van der Waals surface area contributed by atoms with Gasteiger partial charge >= 0.3 is 0 Å². The average Bonchev–Trinajstić information content (AvgIpc) is 2.72. The Bertz CT molecular complexity index is 754. The molecule has 0 saturated carbocycles. The first-order valence-corrected chi connectivity index (χ1v) is 11.4. The summed E-state index contributed by atoms with van der Waals surface area (Å²) in [6.07, 6.45) is 6.18. The quantitative estimate of drug-likeness (QED) is 0.763. The van der Waals surface area contributed by atoms with Gasteiger partial charge in [0, 0.05) is 45.0 Å². The van der Waals surface area contributed by atoms with Crippen LogP contribution in [0.1, 0.15) is 48.9 Å². The monoisotopic (exact) mass is 394 g/mol. The van der Waals surface area contributed by atoms with Crippen molar-refractivity contribution in [3.63, 3.8) is 0 Å². The number of amides is 1. The number of rotatable bonds is 6. The molecule has 2 saturated heterocycles. The number of benzene rings is 1. The molecule has 7 nitrogen and oxygen atoms in total. The van der Waals surface area contributed by atoms with Gasteiger partial charge in [-0.25, -0.2) is 8.42 Å². The van der Waals surface area contributed by atoms with Crippen LogP contribution in [0, 0.1) is 0 Å². The Labute approximate surface area is 161 Å². The van der Waals surface area contributed by atoms with E-state index in [1.807, 2.05) is 0 Å². The van der Waals surface area contributed by atoms with Gasteiger partial charge < -0.3 is 16.0 Å². The highest BCUT2D eigenvalue weighted by Crippen LogP contribution is 2.29. The fourth-order valence-electron chi connectivity index (χ4n) is 3.80. The lowest BCUT2D eigenvalue weighted by molar-refractivity contribution is 0.0955. The first-order valence-electron chi connectivity index (χ1n) is 9.91. The predicted octanol–water partition coefficient (Wildman–Crippen LogP) is 1.54. The van der Waals surface area contributed by atoms with Crippen molar-refractivity contribution in [2.75, 3.05) is 44.2 Å². The molecule has 0 spiro atoms. The van der Waals surface area contributed by atoms with Gasteiger partial charge in [0.15, 0.2) is 0 Å². The van der Waals surface area contributed by atoms with Crippen molar-refractivity contribution in [2.24, 2.45) is 5.73 Å². The van der Waals surface area contributed by atoms with Gasteiger partial charge in [0.25, 0.3) is 5.91 Å². The number of hydrogen-bond donors (Lipinski definition) is 2. The van der Waals surface area contributed by atoms with Crippen LogP contribution in [0.25, 0.3) is 0 Å². The van der Waals surface area contributed by atoms with Crippen molar-refractivity contribution in [3.05, 3.63) is 23.8 Å². The summed E-state index contributed by atoms with van der Waals surface area (Å²) in [5.41, 5.74) is 6.73. The molecule has 2 heterocycles. The van der Waals surface area contributed by atoms with Crippen LogP contribution in [0.4, 0.5) is 5.69 Å². The SMILES string of the molecule is NCCNC(=O)c1cc(S(=O)(=O)N2CCCCC2)ccc1N1CCCCC1. The molecule has 0 atom stereocenters. The van der Waals surface area contributed by atoms with Crippen LogP contribution >= 0.6 is 0 Å². The van der Waals surface area contributed by atoms with E-state index in [9.17, 15) is 13.2 Å². The molecule has 8 heteroatoms. The minimum Gasteiger partial charge on any atom is -0.371 e. The molecule has 150 valence electrons. The van der Waals surface area contributed by atoms with Crippen LogP contribution in [0.5, 0.6) is 0 Å². The summed E-state index contributed by atoms with van der Waals surface area (Å²) in [6.45, 7) is 3.57. The third-order valence-electron chi connectivity index (χ3n) is 5.29. The standard InChI is InChI=1S/C19H30N4O3S/c20-9-10-21-19(24)17-15-16(27(25,26)23-13-5-2-6-14-23)7-8-18(17)22-11-3-1-4-12-22/h7-8,15H,1-6,9-14,20H2,(H,21,24). The number of anilines is 1. The highest BCUT2D eigenvalue weighted by molar-refractivity contribution is 7.89. The van der Waals surface area contributed by atoms with Crippen LogP contribution in [0.3, 0.4) is 0 Å². The van der Waals surface area contributed by atoms with E-state index >= 15 is 0 Å². The van der Waals surface area contributed by atoms with Crippen molar-refractivity contribution < 1.29 is 13.2 Å². The molecule has 1 aromatic carbocycles. The first-order chi connectivity index (χ1) is 13.0. The maximum atomic E-state index is 13.0. The van der Waals surface area contributed by atoms with Gasteiger partial charge in [0.05, 0.1) is 10.5 Å². The molecule has 0 aliphatic carbocycles. The second-order valence-electron chi connectivity index (χ2n) is 7.24. The molecule has 3 rings (SSSR count). The molecular formula is C19H30N4O3S. The van der Waals surface area contributed by atoms with E-state index in [0.717, 1.165) is 50.9 Å². The van der Waals surface area contributed by atoms with Gasteiger partial charge in [-0.15, -0.1) is 0 Å². The Morgan fingerprint density at radius 2 is 1.63 bits per heavy atom. The van der Waals surface area contributed by atoms with Gasteiger partial charge in [-0.1, -0.05) is 6.42 Å². The minimum atomic E-state index is -3.58. The number of nitrogens with zero attached hydrogens (tertiary/aromatic N) is 2. The zero-order valence-electron chi connectivity index (χ0n) is 15.8. The molecule has 1 amide bonds. The summed E-state index contributed by atoms with van der Waals surface area (Å²) >= 11 is 0. The van der Waals surface area contributed by atoms with Crippen molar-refractivity contribution in [1.82, 2.24) is 9.62 Å². The Morgan fingerprint density at radius 1 is 1.00 bits per heavy atom. The lowest BCUT2D eigenvalue weighted by atomic mass is 10.1. The number of piperidine rings is 2. The summed E-state index contributed by atoms with van der Waals surface area (Å²) in [7, 11) is -3.58. The predicted molar refractivity (Wildman–Crippen MR) is 107 cm³/mol. The molecule has 0 radical (unpaired) electrons. The van der Waals surface area contributed by atoms with Gasteiger partial charge in [0.2, 0.25) is 10.0 Å². The molecule has 0 bridgehead atoms. The van der Waals surface area contributed by atoms with E-state index in [1.165, 1.54) is 10.7 Å². The molecule has 0 unspecified atom stereocenters. The molecule has 2 fully saturated rings. The van der Waals surface area contributed by atoms with Gasteiger partial charge in [-0.3, -0.25) is 4.79 Å². The van der Waals surface area contributed by atoms with Gasteiger partial charge in [-0.2, -0.15) is 4.31 Å². The Kier molecular flexibility index (Phi) is 6.73. The second kappa shape index (κ2) is 9.03. The van der Waals surface area contributed by atoms with Crippen LogP contribution in [-0.2, 0) is 10.0 Å². The van der Waals surface area contributed by atoms with E-state index in [-0.39, 0.29) is 10.8 Å². The highest BCUT2D eigenvalue weighted by atomic mass is 32.2. The summed E-state index contributed by atoms with van der Waals surface area (Å²) in [4.78, 5) is 15.1. The van der Waals surface area contributed by atoms with E-state index in [0.29, 0.717) is 31.7 Å². The number of carbonyl (C=O) groups excluding carboxylic acids is 1. The van der Waals surface area contributed by atoms with Crippen molar-refractivity contribution in [3.8, 4) is 0 Å². The zero-order valence-corrected chi connectivity index (χ0v) is 16.6.